The van der Waals surface area contributed by atoms with Crippen molar-refractivity contribution in [2.75, 3.05) is 20.3 Å². The highest BCUT2D eigenvalue weighted by atomic mass is 16.5. The molecule has 2 aliphatic rings. The van der Waals surface area contributed by atoms with Gasteiger partial charge in [-0.15, -0.1) is 0 Å². The van der Waals surface area contributed by atoms with Gasteiger partial charge in [-0.1, -0.05) is 11.6 Å². The van der Waals surface area contributed by atoms with Crippen LogP contribution in [-0.2, 0) is 9.53 Å². The molecule has 0 aromatic rings. The van der Waals surface area contributed by atoms with E-state index in [9.17, 15) is 9.90 Å². The van der Waals surface area contributed by atoms with Crippen molar-refractivity contribution in [2.45, 2.75) is 50.7 Å². The van der Waals surface area contributed by atoms with E-state index in [0.717, 1.165) is 19.3 Å². The van der Waals surface area contributed by atoms with Crippen LogP contribution in [0.25, 0.3) is 0 Å². The third-order valence-electron chi connectivity index (χ3n) is 4.00. The number of likely N-dealkylation sites (tertiary alicyclic amines) is 1. The molecule has 2 atom stereocenters. The number of nitrogens with zero attached hydrogens (tertiary/aromatic N) is 1. The van der Waals surface area contributed by atoms with Gasteiger partial charge in [0.05, 0.1) is 18.8 Å². The van der Waals surface area contributed by atoms with E-state index in [1.165, 1.54) is 18.4 Å². The summed E-state index contributed by atoms with van der Waals surface area (Å²) < 4.78 is 5.29. The Morgan fingerprint density at radius 1 is 1.56 bits per heavy atom. The van der Waals surface area contributed by atoms with E-state index in [2.05, 4.69) is 6.08 Å². The maximum absolute atomic E-state index is 12.3. The van der Waals surface area contributed by atoms with Gasteiger partial charge in [-0.05, 0) is 32.1 Å². The molecule has 1 N–H and O–H groups in total. The van der Waals surface area contributed by atoms with Crippen molar-refractivity contribution >= 4 is 5.91 Å². The summed E-state index contributed by atoms with van der Waals surface area (Å²) in [5, 5.41) is 9.34. The quantitative estimate of drug-likeness (QED) is 0.772. The standard InChI is InChI=1S/C14H23NO3/c1-18-13-8-12(10-16)15(9-13)14(17)7-11-5-3-2-4-6-11/h5,12-13,16H,2-4,6-10H2,1H3/t12-,13-/m0/s1. The smallest absolute Gasteiger partial charge is 0.227 e. The summed E-state index contributed by atoms with van der Waals surface area (Å²) in [7, 11) is 1.66. The Hall–Kier alpha value is -0.870. The molecular weight excluding hydrogens is 230 g/mol. The number of carbonyl (C=O) groups excluding carboxylic acids is 1. The Morgan fingerprint density at radius 2 is 2.39 bits per heavy atom. The molecule has 0 unspecified atom stereocenters. The van der Waals surface area contributed by atoms with Crippen LogP contribution < -0.4 is 0 Å². The normalized spacial score (nSPS) is 28.3. The molecule has 1 saturated heterocycles. The molecule has 0 radical (unpaired) electrons. The summed E-state index contributed by atoms with van der Waals surface area (Å²) >= 11 is 0. The van der Waals surface area contributed by atoms with Gasteiger partial charge < -0.3 is 14.7 Å². The molecule has 1 heterocycles. The molecule has 0 aromatic heterocycles. The van der Waals surface area contributed by atoms with E-state index >= 15 is 0 Å². The lowest BCUT2D eigenvalue weighted by Crippen LogP contribution is -2.38. The number of carbonyl (C=O) groups is 1. The largest absolute Gasteiger partial charge is 0.394 e. The zero-order valence-electron chi connectivity index (χ0n) is 11.1. The molecular formula is C14H23NO3. The minimum Gasteiger partial charge on any atom is -0.394 e. The Bertz CT molecular complexity index is 327. The Balaban J connectivity index is 1.93. The number of hydrogen-bond acceptors (Lipinski definition) is 3. The van der Waals surface area contributed by atoms with Crippen LogP contribution in [0.15, 0.2) is 11.6 Å². The van der Waals surface area contributed by atoms with E-state index < -0.39 is 0 Å². The zero-order valence-corrected chi connectivity index (χ0v) is 11.1. The fraction of sp³-hybridized carbons (Fsp3) is 0.786. The number of ether oxygens (including phenoxy) is 1. The van der Waals surface area contributed by atoms with Crippen molar-refractivity contribution in [3.8, 4) is 0 Å². The van der Waals surface area contributed by atoms with Crippen LogP contribution in [0.1, 0.15) is 38.5 Å². The second kappa shape index (κ2) is 6.34. The molecule has 1 amide bonds. The summed E-state index contributed by atoms with van der Waals surface area (Å²) in [6, 6.07) is -0.0633. The van der Waals surface area contributed by atoms with Crippen molar-refractivity contribution in [2.24, 2.45) is 0 Å². The molecule has 102 valence electrons. The molecule has 4 heteroatoms. The Labute approximate surface area is 109 Å². The second-order valence-electron chi connectivity index (χ2n) is 5.26. The van der Waals surface area contributed by atoms with E-state index in [1.807, 2.05) is 0 Å². The van der Waals surface area contributed by atoms with Crippen LogP contribution in [0.3, 0.4) is 0 Å². The van der Waals surface area contributed by atoms with Gasteiger partial charge >= 0.3 is 0 Å². The van der Waals surface area contributed by atoms with Gasteiger partial charge in [0.1, 0.15) is 0 Å². The van der Waals surface area contributed by atoms with E-state index in [4.69, 9.17) is 4.74 Å². The lowest BCUT2D eigenvalue weighted by atomic mass is 9.97. The lowest BCUT2D eigenvalue weighted by molar-refractivity contribution is -0.132. The average molecular weight is 253 g/mol. The summed E-state index contributed by atoms with van der Waals surface area (Å²) in [5.74, 6) is 0.141. The topological polar surface area (TPSA) is 49.8 Å². The predicted molar refractivity (Wildman–Crippen MR) is 69.2 cm³/mol. The molecule has 0 spiro atoms. The highest BCUT2D eigenvalue weighted by Crippen LogP contribution is 2.25. The third kappa shape index (κ3) is 3.12. The molecule has 0 aromatic carbocycles. The van der Waals surface area contributed by atoms with Crippen LogP contribution in [0.2, 0.25) is 0 Å². The number of allylic oxidation sites excluding steroid dienone is 1. The Morgan fingerprint density at radius 3 is 3.00 bits per heavy atom. The molecule has 1 fully saturated rings. The zero-order chi connectivity index (χ0) is 13.0. The summed E-state index contributed by atoms with van der Waals surface area (Å²) in [6.07, 6.45) is 8.15. The van der Waals surface area contributed by atoms with Crippen molar-refractivity contribution in [3.05, 3.63) is 11.6 Å². The number of methoxy groups -OCH3 is 1. The first-order chi connectivity index (χ1) is 8.74. The first-order valence-electron chi connectivity index (χ1n) is 6.85. The number of amides is 1. The first-order valence-corrected chi connectivity index (χ1v) is 6.85. The van der Waals surface area contributed by atoms with E-state index in [-0.39, 0.29) is 24.7 Å². The van der Waals surface area contributed by atoms with Gasteiger partial charge in [0.15, 0.2) is 0 Å². The number of rotatable bonds is 4. The van der Waals surface area contributed by atoms with Gasteiger partial charge in [-0.25, -0.2) is 0 Å². The molecule has 0 saturated carbocycles. The van der Waals surface area contributed by atoms with Gasteiger partial charge in [-0.3, -0.25) is 4.79 Å². The average Bonchev–Trinajstić information content (AvgIpc) is 2.83. The SMILES string of the molecule is CO[C@H]1C[C@@H](CO)N(C(=O)CC2=CCCCC2)C1. The van der Waals surface area contributed by atoms with Gasteiger partial charge in [0, 0.05) is 20.1 Å². The van der Waals surface area contributed by atoms with Crippen LogP contribution in [-0.4, -0.2) is 48.3 Å². The Kier molecular flexibility index (Phi) is 4.78. The molecule has 0 bridgehead atoms. The summed E-state index contributed by atoms with van der Waals surface area (Å²) in [6.45, 7) is 0.651. The maximum Gasteiger partial charge on any atom is 0.227 e. The highest BCUT2D eigenvalue weighted by Gasteiger charge is 2.34. The van der Waals surface area contributed by atoms with E-state index in [1.54, 1.807) is 12.0 Å². The number of aliphatic hydroxyl groups is 1. The van der Waals surface area contributed by atoms with Crippen LogP contribution in [0.5, 0.6) is 0 Å². The first kappa shape index (κ1) is 13.6. The van der Waals surface area contributed by atoms with Crippen molar-refractivity contribution in [3.63, 3.8) is 0 Å². The molecule has 1 aliphatic carbocycles. The maximum atomic E-state index is 12.3. The summed E-state index contributed by atoms with van der Waals surface area (Å²) in [4.78, 5) is 14.1. The van der Waals surface area contributed by atoms with Crippen LogP contribution in [0.4, 0.5) is 0 Å². The minimum atomic E-state index is -0.0633. The third-order valence-corrected chi connectivity index (χ3v) is 4.00. The second-order valence-corrected chi connectivity index (χ2v) is 5.26. The van der Waals surface area contributed by atoms with Gasteiger partial charge in [0.2, 0.25) is 5.91 Å². The fourth-order valence-corrected chi connectivity index (χ4v) is 2.88. The van der Waals surface area contributed by atoms with E-state index in [0.29, 0.717) is 13.0 Å². The molecule has 4 nitrogen and oxygen atoms in total. The molecule has 2 rings (SSSR count). The summed E-state index contributed by atoms with van der Waals surface area (Å²) in [5.41, 5.74) is 1.27. The van der Waals surface area contributed by atoms with Crippen molar-refractivity contribution in [1.82, 2.24) is 4.90 Å². The monoisotopic (exact) mass is 253 g/mol. The minimum absolute atomic E-state index is 0.0324. The number of hydrogen-bond donors (Lipinski definition) is 1. The lowest BCUT2D eigenvalue weighted by Gasteiger charge is -2.24. The number of aliphatic hydroxyl groups excluding tert-OH is 1. The van der Waals surface area contributed by atoms with Crippen LogP contribution in [0, 0.1) is 0 Å². The predicted octanol–water partition coefficient (Wildman–Crippen LogP) is 1.49. The molecule has 1 aliphatic heterocycles. The van der Waals surface area contributed by atoms with Gasteiger partial charge in [-0.2, -0.15) is 0 Å². The highest BCUT2D eigenvalue weighted by molar-refractivity contribution is 5.79. The van der Waals surface area contributed by atoms with Gasteiger partial charge in [0.25, 0.3) is 0 Å². The van der Waals surface area contributed by atoms with Crippen LogP contribution >= 0.6 is 0 Å². The van der Waals surface area contributed by atoms with Crippen molar-refractivity contribution in [1.29, 1.82) is 0 Å². The van der Waals surface area contributed by atoms with Crippen molar-refractivity contribution < 1.29 is 14.6 Å². The molecule has 18 heavy (non-hydrogen) atoms. The fourth-order valence-electron chi connectivity index (χ4n) is 2.88.